The maximum Gasteiger partial charge on any atom is 0.0562 e. The summed E-state index contributed by atoms with van der Waals surface area (Å²) < 4.78 is 1.78. The zero-order valence-corrected chi connectivity index (χ0v) is 6.70. The average molecular weight is 151 g/mol. The van der Waals surface area contributed by atoms with Gasteiger partial charge in [0, 0.05) is 18.8 Å². The first-order valence-corrected chi connectivity index (χ1v) is 3.68. The fourth-order valence-electron chi connectivity index (χ4n) is 0.842. The molecule has 0 saturated heterocycles. The van der Waals surface area contributed by atoms with Gasteiger partial charge in [0.2, 0.25) is 0 Å². The summed E-state index contributed by atoms with van der Waals surface area (Å²) in [7, 11) is 1.90. The maximum atomic E-state index is 5.33. The van der Waals surface area contributed by atoms with E-state index in [-0.39, 0.29) is 0 Å². The zero-order chi connectivity index (χ0) is 8.10. The Hall–Kier alpha value is -1.09. The zero-order valence-electron chi connectivity index (χ0n) is 6.70. The molecule has 0 aliphatic rings. The normalized spacial score (nSPS) is 11.1. The molecule has 0 spiro atoms. The van der Waals surface area contributed by atoms with Crippen molar-refractivity contribution in [2.24, 2.45) is 12.8 Å². The van der Waals surface area contributed by atoms with E-state index < -0.39 is 0 Å². The lowest BCUT2D eigenvalue weighted by Gasteiger charge is -1.84. The molecule has 1 heterocycles. The Labute approximate surface area is 66.5 Å². The van der Waals surface area contributed by atoms with Gasteiger partial charge >= 0.3 is 0 Å². The van der Waals surface area contributed by atoms with E-state index in [1.807, 2.05) is 25.5 Å². The minimum absolute atomic E-state index is 0.705. The van der Waals surface area contributed by atoms with Crippen molar-refractivity contribution < 1.29 is 0 Å². The van der Waals surface area contributed by atoms with E-state index in [2.05, 4.69) is 11.2 Å². The van der Waals surface area contributed by atoms with E-state index in [9.17, 15) is 0 Å². The van der Waals surface area contributed by atoms with Gasteiger partial charge in [-0.2, -0.15) is 5.10 Å². The second-order valence-electron chi connectivity index (χ2n) is 2.43. The molecule has 0 fully saturated rings. The van der Waals surface area contributed by atoms with Gasteiger partial charge < -0.3 is 5.73 Å². The fraction of sp³-hybridized carbons (Fsp3) is 0.375. The van der Waals surface area contributed by atoms with Crippen molar-refractivity contribution >= 4 is 6.08 Å². The largest absolute Gasteiger partial charge is 0.330 e. The number of hydrogen-bond donors (Lipinski definition) is 1. The highest BCUT2D eigenvalue weighted by Gasteiger charge is 1.87. The van der Waals surface area contributed by atoms with Gasteiger partial charge in [-0.05, 0) is 13.0 Å². The van der Waals surface area contributed by atoms with Crippen molar-refractivity contribution in [3.8, 4) is 0 Å². The molecule has 0 aliphatic heterocycles. The topological polar surface area (TPSA) is 43.8 Å². The van der Waals surface area contributed by atoms with Crippen LogP contribution in [0.15, 0.2) is 18.5 Å². The van der Waals surface area contributed by atoms with E-state index in [1.54, 1.807) is 4.68 Å². The molecular formula is C8H13N3. The van der Waals surface area contributed by atoms with Gasteiger partial charge in [0.05, 0.1) is 6.20 Å². The van der Waals surface area contributed by atoms with E-state index in [4.69, 9.17) is 5.73 Å². The molecule has 3 nitrogen and oxygen atoms in total. The fourth-order valence-corrected chi connectivity index (χ4v) is 0.842. The lowest BCUT2D eigenvalue weighted by molar-refractivity contribution is 0.767. The molecule has 2 N–H and O–H groups in total. The van der Waals surface area contributed by atoms with Crippen LogP contribution >= 0.6 is 0 Å². The van der Waals surface area contributed by atoms with Crippen LogP contribution in [-0.4, -0.2) is 16.3 Å². The van der Waals surface area contributed by atoms with E-state index in [1.165, 1.54) is 0 Å². The first kappa shape index (κ1) is 8.01. The second kappa shape index (κ2) is 3.93. The minimum Gasteiger partial charge on any atom is -0.330 e. The van der Waals surface area contributed by atoms with Crippen molar-refractivity contribution in [1.82, 2.24) is 9.78 Å². The number of aromatic nitrogens is 2. The first-order chi connectivity index (χ1) is 5.33. The van der Waals surface area contributed by atoms with Gasteiger partial charge in [0.25, 0.3) is 0 Å². The van der Waals surface area contributed by atoms with Crippen molar-refractivity contribution in [1.29, 1.82) is 0 Å². The smallest absolute Gasteiger partial charge is 0.0562 e. The molecule has 0 aliphatic carbocycles. The highest BCUT2D eigenvalue weighted by Crippen LogP contribution is 1.99. The SMILES string of the molecule is Cn1cc(/C=C/CCN)cn1. The van der Waals surface area contributed by atoms with Crippen LogP contribution in [0.5, 0.6) is 0 Å². The predicted molar refractivity (Wildman–Crippen MR) is 45.9 cm³/mol. The third-order valence-corrected chi connectivity index (χ3v) is 1.37. The molecule has 1 aromatic heterocycles. The summed E-state index contributed by atoms with van der Waals surface area (Å²) in [6.45, 7) is 0.705. The summed E-state index contributed by atoms with van der Waals surface area (Å²) in [6, 6.07) is 0. The summed E-state index contributed by atoms with van der Waals surface area (Å²) in [4.78, 5) is 0. The van der Waals surface area contributed by atoms with Crippen LogP contribution in [0.25, 0.3) is 6.08 Å². The predicted octanol–water partition coefficient (Wildman–Crippen LogP) is 0.782. The summed E-state index contributed by atoms with van der Waals surface area (Å²) >= 11 is 0. The van der Waals surface area contributed by atoms with E-state index >= 15 is 0 Å². The van der Waals surface area contributed by atoms with Crippen molar-refractivity contribution in [2.45, 2.75) is 6.42 Å². The van der Waals surface area contributed by atoms with E-state index in [0.717, 1.165) is 12.0 Å². The van der Waals surface area contributed by atoms with Gasteiger partial charge in [-0.25, -0.2) is 0 Å². The van der Waals surface area contributed by atoms with Gasteiger partial charge in [-0.3, -0.25) is 4.68 Å². The highest BCUT2D eigenvalue weighted by atomic mass is 15.2. The number of nitrogens with two attached hydrogens (primary N) is 1. The Kier molecular flexibility index (Phi) is 2.86. The van der Waals surface area contributed by atoms with Crippen molar-refractivity contribution in [3.05, 3.63) is 24.0 Å². The monoisotopic (exact) mass is 151 g/mol. The third-order valence-electron chi connectivity index (χ3n) is 1.37. The summed E-state index contributed by atoms with van der Waals surface area (Å²) in [5.41, 5.74) is 6.45. The Morgan fingerprint density at radius 2 is 2.55 bits per heavy atom. The molecule has 11 heavy (non-hydrogen) atoms. The van der Waals surface area contributed by atoms with Crippen LogP contribution in [0.2, 0.25) is 0 Å². The van der Waals surface area contributed by atoms with Crippen LogP contribution in [0.1, 0.15) is 12.0 Å². The number of rotatable bonds is 3. The van der Waals surface area contributed by atoms with Gasteiger partial charge in [-0.1, -0.05) is 12.2 Å². The molecule has 0 unspecified atom stereocenters. The summed E-state index contributed by atoms with van der Waals surface area (Å²) in [6.07, 6.45) is 8.80. The average Bonchev–Trinajstić information content (AvgIpc) is 2.37. The number of nitrogens with zero attached hydrogens (tertiary/aromatic N) is 2. The molecule has 0 amide bonds. The second-order valence-corrected chi connectivity index (χ2v) is 2.43. The molecule has 3 heteroatoms. The number of hydrogen-bond acceptors (Lipinski definition) is 2. The lowest BCUT2D eigenvalue weighted by atomic mass is 10.3. The summed E-state index contributed by atoms with van der Waals surface area (Å²) in [5, 5.41) is 4.03. The maximum absolute atomic E-state index is 5.33. The molecule has 0 radical (unpaired) electrons. The molecule has 0 saturated carbocycles. The van der Waals surface area contributed by atoms with Crippen molar-refractivity contribution in [2.75, 3.05) is 6.54 Å². The van der Waals surface area contributed by atoms with Gasteiger partial charge in [0.1, 0.15) is 0 Å². The van der Waals surface area contributed by atoms with Crippen LogP contribution < -0.4 is 5.73 Å². The van der Waals surface area contributed by atoms with Crippen LogP contribution in [0.4, 0.5) is 0 Å². The van der Waals surface area contributed by atoms with Crippen molar-refractivity contribution in [3.63, 3.8) is 0 Å². The van der Waals surface area contributed by atoms with Crippen LogP contribution in [0, 0.1) is 0 Å². The van der Waals surface area contributed by atoms with Gasteiger partial charge in [-0.15, -0.1) is 0 Å². The van der Waals surface area contributed by atoms with Crippen LogP contribution in [0.3, 0.4) is 0 Å². The molecule has 1 aromatic rings. The standard InChI is InChI=1S/C8H13N3/c1-11-7-8(6-10-11)4-2-3-5-9/h2,4,6-7H,3,5,9H2,1H3/b4-2+. The molecule has 1 rings (SSSR count). The number of aryl methyl sites for hydroxylation is 1. The van der Waals surface area contributed by atoms with Crippen LogP contribution in [-0.2, 0) is 7.05 Å². The Morgan fingerprint density at radius 1 is 1.73 bits per heavy atom. The molecule has 0 atom stereocenters. The minimum atomic E-state index is 0.705. The summed E-state index contributed by atoms with van der Waals surface area (Å²) in [5.74, 6) is 0. The first-order valence-electron chi connectivity index (χ1n) is 3.68. The molecule has 0 bridgehead atoms. The van der Waals surface area contributed by atoms with E-state index in [0.29, 0.717) is 6.54 Å². The third kappa shape index (κ3) is 2.55. The molecule has 0 aromatic carbocycles. The lowest BCUT2D eigenvalue weighted by Crippen LogP contribution is -1.94. The Morgan fingerprint density at radius 3 is 3.09 bits per heavy atom. The highest BCUT2D eigenvalue weighted by molar-refractivity contribution is 5.46. The molecule has 60 valence electrons. The quantitative estimate of drug-likeness (QED) is 0.693. The van der Waals surface area contributed by atoms with Gasteiger partial charge in [0.15, 0.2) is 0 Å². The Balaban J connectivity index is 2.50. The molecular weight excluding hydrogens is 138 g/mol. The Bertz CT molecular complexity index is 237.